The predicted molar refractivity (Wildman–Crippen MR) is 176 cm³/mol. The molecule has 17 N–H and O–H groups in total. The molecule has 0 radical (unpaired) electrons. The highest BCUT2D eigenvalue weighted by molar-refractivity contribution is 6.23. The van der Waals surface area contributed by atoms with Crippen molar-refractivity contribution in [1.29, 1.82) is 0 Å². The number of rotatable bonds is 13. The Hall–Kier alpha value is -7.37. The number of aromatic hydroxyl groups is 12. The topological polar surface area (TPSA) is 429 Å². The maximum atomic E-state index is 14.5. The van der Waals surface area contributed by atoms with Gasteiger partial charge in [-0.3, -0.25) is 24.0 Å². The number of carbonyl (C=O) groups is 5. The summed E-state index contributed by atoms with van der Waals surface area (Å²) in [4.78, 5) is 69.3. The van der Waals surface area contributed by atoms with Crippen LogP contribution in [0.1, 0.15) is 41.4 Å². The summed E-state index contributed by atoms with van der Waals surface area (Å²) in [6.07, 6.45) is -8.51. The zero-order chi connectivity index (χ0) is 42.6. The Morgan fingerprint density at radius 1 is 0.446 bits per heavy atom. The Morgan fingerprint density at radius 3 is 1.02 bits per heavy atom. The quantitative estimate of drug-likeness (QED) is 0.0304. The molecule has 5 unspecified atom stereocenters. The van der Waals surface area contributed by atoms with Gasteiger partial charge in [-0.05, 0) is 48.5 Å². The van der Waals surface area contributed by atoms with Crippen LogP contribution in [-0.2, 0) is 4.79 Å². The van der Waals surface area contributed by atoms with Crippen molar-refractivity contribution < 1.29 is 111 Å². The summed E-state index contributed by atoms with van der Waals surface area (Å²) in [6, 6.07) is 1.44. The monoisotopic (exact) mass is 788 g/mol. The number of aliphatic hydroxyl groups excluding tert-OH is 2. The second kappa shape index (κ2) is 14.1. The number of Topliss-reactive ketones (excluding diaryl/α,β-unsaturated/α-hetero) is 4. The third-order valence-electron chi connectivity index (χ3n) is 8.64. The van der Waals surface area contributed by atoms with Crippen molar-refractivity contribution >= 4 is 29.4 Å². The molecule has 0 amide bonds. The third-order valence-corrected chi connectivity index (χ3v) is 8.64. The second-order valence-electron chi connectivity index (χ2n) is 12.1. The van der Waals surface area contributed by atoms with Crippen LogP contribution in [0.25, 0.3) is 0 Å². The molecule has 5 atom stereocenters. The van der Waals surface area contributed by atoms with Gasteiger partial charge < -0.3 is 86.8 Å². The number of carbonyl (C=O) groups excluding carboxylic acids is 5. The van der Waals surface area contributed by atoms with E-state index in [-0.39, 0.29) is 36.4 Å². The SMILES string of the molecule is O=CC(O)(C(=O)c1cc(O)c(O)c(O)c1)C(O)(C(=O)c1cc(O)c(O)c(O)c1)C(O)(C(=O)c1cc(O)c(O)c(O)c1)C(O)C(O)C(=O)c1cc(O)c(O)c(O)c1. The average molecular weight is 789 g/mol. The van der Waals surface area contributed by atoms with Gasteiger partial charge in [-0.2, -0.15) is 0 Å². The normalized spacial score (nSPS) is 15.7. The average Bonchev–Trinajstić information content (AvgIpc) is 3.16. The number of ketones is 4. The van der Waals surface area contributed by atoms with Crippen LogP contribution in [0.5, 0.6) is 69.0 Å². The van der Waals surface area contributed by atoms with E-state index >= 15 is 0 Å². The molecule has 4 rings (SSSR count). The van der Waals surface area contributed by atoms with Gasteiger partial charge in [0.25, 0.3) is 0 Å². The summed E-state index contributed by atoms with van der Waals surface area (Å²) >= 11 is 0. The first-order chi connectivity index (χ1) is 25.8. The van der Waals surface area contributed by atoms with E-state index in [1.165, 1.54) is 0 Å². The van der Waals surface area contributed by atoms with E-state index in [0.717, 1.165) is 0 Å². The highest BCUT2D eigenvalue weighted by Crippen LogP contribution is 2.47. The highest BCUT2D eigenvalue weighted by atomic mass is 16.4. The van der Waals surface area contributed by atoms with E-state index in [1.807, 2.05) is 0 Å². The van der Waals surface area contributed by atoms with Crippen LogP contribution < -0.4 is 0 Å². The summed E-state index contributed by atoms with van der Waals surface area (Å²) in [5, 5.41) is 179. The largest absolute Gasteiger partial charge is 0.504 e. The van der Waals surface area contributed by atoms with Crippen molar-refractivity contribution in [1.82, 2.24) is 0 Å². The summed E-state index contributed by atoms with van der Waals surface area (Å²) in [6.45, 7) is 0. The van der Waals surface area contributed by atoms with Crippen molar-refractivity contribution in [2.75, 3.05) is 0 Å². The molecule has 0 aromatic heterocycles. The molecule has 0 spiro atoms. The Bertz CT molecular complexity index is 2240. The summed E-state index contributed by atoms with van der Waals surface area (Å²) in [7, 11) is 0. The number of aldehydes is 1. The van der Waals surface area contributed by atoms with Crippen molar-refractivity contribution in [3.63, 3.8) is 0 Å². The smallest absolute Gasteiger partial charge is 0.222 e. The lowest BCUT2D eigenvalue weighted by molar-refractivity contribution is -0.215. The first-order valence-electron chi connectivity index (χ1n) is 15.0. The lowest BCUT2D eigenvalue weighted by Crippen LogP contribution is -2.81. The van der Waals surface area contributed by atoms with E-state index in [2.05, 4.69) is 0 Å². The fourth-order valence-corrected chi connectivity index (χ4v) is 5.60. The Labute approximate surface area is 309 Å². The first-order valence-corrected chi connectivity index (χ1v) is 15.0. The number of benzene rings is 4. The van der Waals surface area contributed by atoms with E-state index in [0.29, 0.717) is 12.1 Å². The first kappa shape index (κ1) is 41.4. The van der Waals surface area contributed by atoms with Crippen molar-refractivity contribution in [2.45, 2.75) is 29.0 Å². The van der Waals surface area contributed by atoms with E-state index in [9.17, 15) is 111 Å². The second-order valence-corrected chi connectivity index (χ2v) is 12.1. The zero-order valence-electron chi connectivity index (χ0n) is 27.5. The molecule has 0 saturated heterocycles. The lowest BCUT2D eigenvalue weighted by atomic mass is 9.59. The summed E-state index contributed by atoms with van der Waals surface area (Å²) in [5.41, 5.74) is -20.5. The van der Waals surface area contributed by atoms with Gasteiger partial charge in [0.15, 0.2) is 86.7 Å². The summed E-state index contributed by atoms with van der Waals surface area (Å²) in [5.74, 6) is -26.1. The van der Waals surface area contributed by atoms with Gasteiger partial charge in [0.2, 0.25) is 28.6 Å². The predicted octanol–water partition coefficient (Wildman–Crippen LogP) is -1.90. The molecule has 0 aliphatic rings. The molecule has 4 aromatic rings. The Morgan fingerprint density at radius 2 is 0.714 bits per heavy atom. The van der Waals surface area contributed by atoms with Crippen molar-refractivity contribution in [3.05, 3.63) is 70.8 Å². The van der Waals surface area contributed by atoms with Gasteiger partial charge >= 0.3 is 0 Å². The summed E-state index contributed by atoms with van der Waals surface area (Å²) < 4.78 is 0. The van der Waals surface area contributed by atoms with Crippen LogP contribution in [0.3, 0.4) is 0 Å². The molecule has 0 fully saturated rings. The highest BCUT2D eigenvalue weighted by Gasteiger charge is 2.76. The van der Waals surface area contributed by atoms with Crippen LogP contribution >= 0.6 is 0 Å². The molecular formula is C34H28O22. The molecule has 0 saturated carbocycles. The Balaban J connectivity index is 2.20. The molecule has 0 aliphatic carbocycles. The Kier molecular flexibility index (Phi) is 10.4. The van der Waals surface area contributed by atoms with Crippen molar-refractivity contribution in [3.8, 4) is 69.0 Å². The number of phenolic OH excluding ortho intramolecular Hbond substituents is 12. The fourth-order valence-electron chi connectivity index (χ4n) is 5.60. The van der Waals surface area contributed by atoms with Gasteiger partial charge in [0.05, 0.1) is 0 Å². The third kappa shape index (κ3) is 6.15. The van der Waals surface area contributed by atoms with Crippen LogP contribution in [-0.4, -0.2) is 145 Å². The van der Waals surface area contributed by atoms with Gasteiger partial charge in [0, 0.05) is 22.3 Å². The van der Waals surface area contributed by atoms with Crippen molar-refractivity contribution in [2.24, 2.45) is 0 Å². The number of aliphatic hydroxyl groups is 5. The molecular weight excluding hydrogens is 760 g/mol. The van der Waals surface area contributed by atoms with Gasteiger partial charge in [-0.1, -0.05) is 0 Å². The van der Waals surface area contributed by atoms with E-state index < -0.39 is 150 Å². The molecule has 56 heavy (non-hydrogen) atoms. The molecule has 296 valence electrons. The molecule has 0 aliphatic heterocycles. The van der Waals surface area contributed by atoms with Crippen LogP contribution in [0, 0.1) is 0 Å². The minimum Gasteiger partial charge on any atom is -0.504 e. The van der Waals surface area contributed by atoms with Gasteiger partial charge in [-0.15, -0.1) is 0 Å². The molecule has 0 bridgehead atoms. The van der Waals surface area contributed by atoms with Crippen LogP contribution in [0.15, 0.2) is 48.5 Å². The molecule has 22 nitrogen and oxygen atoms in total. The van der Waals surface area contributed by atoms with Crippen LogP contribution in [0.2, 0.25) is 0 Å². The van der Waals surface area contributed by atoms with Gasteiger partial charge in [0.1, 0.15) is 12.2 Å². The van der Waals surface area contributed by atoms with E-state index in [4.69, 9.17) is 0 Å². The number of hydrogen-bond acceptors (Lipinski definition) is 22. The molecule has 0 heterocycles. The lowest BCUT2D eigenvalue weighted by Gasteiger charge is -2.49. The minimum atomic E-state index is -5.21. The van der Waals surface area contributed by atoms with E-state index in [1.54, 1.807) is 0 Å². The molecule has 4 aromatic carbocycles. The number of hydrogen-bond donors (Lipinski definition) is 17. The zero-order valence-corrected chi connectivity index (χ0v) is 27.5. The van der Waals surface area contributed by atoms with Gasteiger partial charge in [-0.25, -0.2) is 0 Å². The maximum absolute atomic E-state index is 14.5. The standard InChI is InChI=1S/C34H28O22/c35-9-32(54,28(50)11-3-16(38)24(46)17(39)4-11)34(56,30(52)13-7-20(42)26(48)21(43)8-13)33(55,29(51)12-5-18(40)25(47)19(41)6-12)31(53)27(49)22(44)10-1-14(36)23(45)15(37)2-10/h1-9,27,31,36-43,45-49,53-56H. The minimum absolute atomic E-state index is 0.106. The molecule has 22 heteroatoms. The van der Waals surface area contributed by atoms with Crippen LogP contribution in [0.4, 0.5) is 0 Å². The fraction of sp³-hybridized carbons (Fsp3) is 0.147. The maximum Gasteiger partial charge on any atom is 0.222 e. The number of phenols is 12.